The molecule has 5 nitrogen and oxygen atoms in total. The number of nitrogens with zero attached hydrogens (tertiary/aromatic N) is 1. The molecule has 0 radical (unpaired) electrons. The van der Waals surface area contributed by atoms with Gasteiger partial charge in [-0.25, -0.2) is 0 Å². The molecule has 1 fully saturated rings. The predicted molar refractivity (Wildman–Crippen MR) is 105 cm³/mol. The average molecular weight is 380 g/mol. The Morgan fingerprint density at radius 2 is 1.81 bits per heavy atom. The Balaban J connectivity index is 1.66. The van der Waals surface area contributed by atoms with Gasteiger partial charge in [-0.2, -0.15) is 0 Å². The highest BCUT2D eigenvalue weighted by Gasteiger charge is 2.23. The summed E-state index contributed by atoms with van der Waals surface area (Å²) in [6, 6.07) is 6.79. The summed E-state index contributed by atoms with van der Waals surface area (Å²) in [5, 5.41) is 6.38. The highest BCUT2D eigenvalue weighted by molar-refractivity contribution is 6.30. The van der Waals surface area contributed by atoms with Gasteiger partial charge in [0.25, 0.3) is 5.91 Å². The lowest BCUT2D eigenvalue weighted by atomic mass is 9.92. The van der Waals surface area contributed by atoms with Crippen LogP contribution in [-0.2, 0) is 4.79 Å². The van der Waals surface area contributed by atoms with E-state index in [1.807, 2.05) is 6.92 Å². The van der Waals surface area contributed by atoms with E-state index in [1.54, 1.807) is 24.3 Å². The number of hydrogen-bond donors (Lipinski definition) is 2. The van der Waals surface area contributed by atoms with Gasteiger partial charge in [-0.05, 0) is 49.4 Å². The highest BCUT2D eigenvalue weighted by Crippen LogP contribution is 2.20. The van der Waals surface area contributed by atoms with Crippen LogP contribution in [0.15, 0.2) is 24.3 Å². The second-order valence-electron chi connectivity index (χ2n) is 7.65. The van der Waals surface area contributed by atoms with Crippen LogP contribution in [0.3, 0.4) is 0 Å². The zero-order valence-electron chi connectivity index (χ0n) is 15.9. The molecule has 2 amide bonds. The SMILES string of the molecule is CC1CC(C)CN(CC(C)NC(=O)CCNC(=O)c2ccc(Cl)cc2)C1. The van der Waals surface area contributed by atoms with Crippen LogP contribution < -0.4 is 10.6 Å². The van der Waals surface area contributed by atoms with Gasteiger partial charge in [-0.1, -0.05) is 25.4 Å². The van der Waals surface area contributed by atoms with E-state index in [0.29, 0.717) is 29.0 Å². The molecule has 1 saturated heterocycles. The number of nitrogens with one attached hydrogen (secondary N) is 2. The second-order valence-corrected chi connectivity index (χ2v) is 8.08. The number of halogens is 1. The zero-order valence-corrected chi connectivity index (χ0v) is 16.7. The first-order valence-electron chi connectivity index (χ1n) is 9.39. The largest absolute Gasteiger partial charge is 0.352 e. The quantitative estimate of drug-likeness (QED) is 0.765. The van der Waals surface area contributed by atoms with Crippen molar-refractivity contribution in [2.75, 3.05) is 26.2 Å². The first-order valence-corrected chi connectivity index (χ1v) is 9.76. The van der Waals surface area contributed by atoms with Gasteiger partial charge in [-0.15, -0.1) is 0 Å². The normalized spacial score (nSPS) is 21.8. The monoisotopic (exact) mass is 379 g/mol. The van der Waals surface area contributed by atoms with Crippen molar-refractivity contribution < 1.29 is 9.59 Å². The maximum absolute atomic E-state index is 12.1. The van der Waals surface area contributed by atoms with Crippen LogP contribution in [0.4, 0.5) is 0 Å². The number of carbonyl (C=O) groups is 2. The van der Waals surface area contributed by atoms with Gasteiger partial charge in [-0.3, -0.25) is 9.59 Å². The van der Waals surface area contributed by atoms with Gasteiger partial charge in [0, 0.05) is 49.2 Å². The van der Waals surface area contributed by atoms with E-state index in [2.05, 4.69) is 29.4 Å². The van der Waals surface area contributed by atoms with E-state index in [0.717, 1.165) is 19.6 Å². The van der Waals surface area contributed by atoms with Gasteiger partial charge in [0.15, 0.2) is 0 Å². The molecule has 2 N–H and O–H groups in total. The molecule has 1 aliphatic heterocycles. The van der Waals surface area contributed by atoms with Crippen LogP contribution >= 0.6 is 11.6 Å². The van der Waals surface area contributed by atoms with Gasteiger partial charge in [0.1, 0.15) is 0 Å². The molecule has 0 spiro atoms. The van der Waals surface area contributed by atoms with E-state index in [4.69, 9.17) is 11.6 Å². The van der Waals surface area contributed by atoms with Gasteiger partial charge < -0.3 is 15.5 Å². The van der Waals surface area contributed by atoms with Crippen molar-refractivity contribution in [3.8, 4) is 0 Å². The number of amides is 2. The fourth-order valence-corrected chi connectivity index (χ4v) is 3.84. The Kier molecular flexibility index (Phi) is 7.91. The summed E-state index contributed by atoms with van der Waals surface area (Å²) in [7, 11) is 0. The van der Waals surface area contributed by atoms with Crippen molar-refractivity contribution in [1.82, 2.24) is 15.5 Å². The Morgan fingerprint density at radius 1 is 1.19 bits per heavy atom. The van der Waals surface area contributed by atoms with E-state index in [-0.39, 0.29) is 24.3 Å². The maximum Gasteiger partial charge on any atom is 0.251 e. The molecule has 0 bridgehead atoms. The summed E-state index contributed by atoms with van der Waals surface area (Å²) in [6.45, 7) is 10.00. The minimum absolute atomic E-state index is 0.0352. The third-order valence-electron chi connectivity index (χ3n) is 4.63. The smallest absolute Gasteiger partial charge is 0.251 e. The average Bonchev–Trinajstić information content (AvgIpc) is 2.54. The lowest BCUT2D eigenvalue weighted by Gasteiger charge is -2.36. The van der Waals surface area contributed by atoms with Crippen molar-refractivity contribution in [3.63, 3.8) is 0 Å². The molecule has 3 atom stereocenters. The van der Waals surface area contributed by atoms with Gasteiger partial charge >= 0.3 is 0 Å². The van der Waals surface area contributed by atoms with Crippen LogP contribution in [0.5, 0.6) is 0 Å². The van der Waals surface area contributed by atoms with E-state index >= 15 is 0 Å². The van der Waals surface area contributed by atoms with E-state index in [9.17, 15) is 9.59 Å². The zero-order chi connectivity index (χ0) is 19.1. The van der Waals surface area contributed by atoms with Crippen LogP contribution in [-0.4, -0.2) is 48.9 Å². The Labute approximate surface area is 161 Å². The minimum atomic E-state index is -0.196. The molecule has 0 aliphatic carbocycles. The molecule has 1 aliphatic rings. The molecule has 1 heterocycles. The number of piperidine rings is 1. The third-order valence-corrected chi connectivity index (χ3v) is 4.88. The minimum Gasteiger partial charge on any atom is -0.352 e. The van der Waals surface area contributed by atoms with Crippen molar-refractivity contribution >= 4 is 23.4 Å². The Bertz CT molecular complexity index is 596. The molecule has 1 aromatic rings. The highest BCUT2D eigenvalue weighted by atomic mass is 35.5. The van der Waals surface area contributed by atoms with E-state index < -0.39 is 0 Å². The molecule has 2 rings (SSSR count). The Hall–Kier alpha value is -1.59. The Morgan fingerprint density at radius 3 is 2.42 bits per heavy atom. The molecule has 6 heteroatoms. The number of likely N-dealkylation sites (tertiary alicyclic amines) is 1. The number of hydrogen-bond acceptors (Lipinski definition) is 3. The molecular weight excluding hydrogens is 350 g/mol. The van der Waals surface area contributed by atoms with Gasteiger partial charge in [0.05, 0.1) is 0 Å². The summed E-state index contributed by atoms with van der Waals surface area (Å²) in [4.78, 5) is 26.5. The topological polar surface area (TPSA) is 61.4 Å². The van der Waals surface area contributed by atoms with Crippen LogP contribution in [0.25, 0.3) is 0 Å². The van der Waals surface area contributed by atoms with Crippen LogP contribution in [0, 0.1) is 11.8 Å². The molecule has 144 valence electrons. The molecule has 0 saturated carbocycles. The lowest BCUT2D eigenvalue weighted by molar-refractivity contribution is -0.121. The van der Waals surface area contributed by atoms with Gasteiger partial charge in [0.2, 0.25) is 5.91 Å². The third kappa shape index (κ3) is 6.96. The second kappa shape index (κ2) is 9.93. The van der Waals surface area contributed by atoms with Crippen LogP contribution in [0.2, 0.25) is 5.02 Å². The molecular formula is C20H30ClN3O2. The molecule has 26 heavy (non-hydrogen) atoms. The van der Waals surface area contributed by atoms with Crippen LogP contribution in [0.1, 0.15) is 44.0 Å². The number of carbonyl (C=O) groups excluding carboxylic acids is 2. The van der Waals surface area contributed by atoms with E-state index in [1.165, 1.54) is 6.42 Å². The van der Waals surface area contributed by atoms with Crippen molar-refractivity contribution in [3.05, 3.63) is 34.9 Å². The first kappa shape index (κ1) is 20.7. The molecule has 1 aromatic carbocycles. The first-order chi connectivity index (χ1) is 12.3. The summed E-state index contributed by atoms with van der Waals surface area (Å²) in [5.74, 6) is 1.19. The number of rotatable bonds is 7. The summed E-state index contributed by atoms with van der Waals surface area (Å²) in [5.41, 5.74) is 0.538. The summed E-state index contributed by atoms with van der Waals surface area (Å²) in [6.07, 6.45) is 1.56. The summed E-state index contributed by atoms with van der Waals surface area (Å²) >= 11 is 5.81. The molecule has 0 aromatic heterocycles. The predicted octanol–water partition coefficient (Wildman–Crippen LogP) is 2.94. The maximum atomic E-state index is 12.1. The number of benzene rings is 1. The fraction of sp³-hybridized carbons (Fsp3) is 0.600. The van der Waals surface area contributed by atoms with Crippen molar-refractivity contribution in [2.24, 2.45) is 11.8 Å². The fourth-order valence-electron chi connectivity index (χ4n) is 3.71. The van der Waals surface area contributed by atoms with Crippen molar-refractivity contribution in [1.29, 1.82) is 0 Å². The molecule has 3 unspecified atom stereocenters. The lowest BCUT2D eigenvalue weighted by Crippen LogP contribution is -2.47. The summed E-state index contributed by atoms with van der Waals surface area (Å²) < 4.78 is 0. The standard InChI is InChI=1S/C20H30ClN3O2/c1-14-10-15(2)12-24(11-14)13-16(3)23-19(25)8-9-22-20(26)17-4-6-18(21)7-5-17/h4-7,14-16H,8-13H2,1-3H3,(H,22,26)(H,23,25). The van der Waals surface area contributed by atoms with Crippen molar-refractivity contribution in [2.45, 2.75) is 39.7 Å².